The lowest BCUT2D eigenvalue weighted by atomic mass is 10.2. The molecule has 1 aromatic heterocycles. The summed E-state index contributed by atoms with van der Waals surface area (Å²) in [5.74, 6) is 0.0565. The molecule has 1 unspecified atom stereocenters. The number of nitrogens with one attached hydrogen (secondary N) is 1. The first-order valence-electron chi connectivity index (χ1n) is 6.70. The molecule has 1 saturated heterocycles. The van der Waals surface area contributed by atoms with E-state index in [1.54, 1.807) is 24.9 Å². The third-order valence-electron chi connectivity index (χ3n) is 3.19. The second-order valence-corrected chi connectivity index (χ2v) is 5.33. The Morgan fingerprint density at radius 2 is 2.30 bits per heavy atom. The number of likely N-dealkylation sites (tertiary alicyclic amines) is 1. The van der Waals surface area contributed by atoms with Crippen LogP contribution in [0.2, 0.25) is 0 Å². The van der Waals surface area contributed by atoms with Crippen LogP contribution in [0.25, 0.3) is 0 Å². The zero-order valence-electron chi connectivity index (χ0n) is 11.7. The van der Waals surface area contributed by atoms with E-state index in [9.17, 15) is 9.59 Å². The van der Waals surface area contributed by atoms with Gasteiger partial charge in [-0.3, -0.25) is 9.59 Å². The molecule has 0 saturated carbocycles. The summed E-state index contributed by atoms with van der Waals surface area (Å²) >= 11 is 0. The van der Waals surface area contributed by atoms with E-state index in [-0.39, 0.29) is 30.3 Å². The summed E-state index contributed by atoms with van der Waals surface area (Å²) in [6.45, 7) is 4.97. The standard InChI is InChI=1S/C12H20N6O2/c1-8(2)12(20)14-10-6-18(16-15-10)7-11(19)17-4-3-9(13)5-17/h6,8-9H,3-5,7,13H2,1-2H3,(H,14,20). The van der Waals surface area contributed by atoms with Crippen molar-refractivity contribution in [3.05, 3.63) is 6.20 Å². The van der Waals surface area contributed by atoms with Crippen LogP contribution in [-0.2, 0) is 16.1 Å². The lowest BCUT2D eigenvalue weighted by molar-refractivity contribution is -0.131. The normalized spacial score (nSPS) is 18.6. The summed E-state index contributed by atoms with van der Waals surface area (Å²) in [5.41, 5.74) is 5.77. The van der Waals surface area contributed by atoms with Crippen molar-refractivity contribution in [2.45, 2.75) is 32.9 Å². The molecule has 1 aliphatic rings. The second kappa shape index (κ2) is 6.00. The first kappa shape index (κ1) is 14.4. The van der Waals surface area contributed by atoms with Gasteiger partial charge in [-0.15, -0.1) is 5.10 Å². The molecule has 0 radical (unpaired) electrons. The average molecular weight is 280 g/mol. The first-order valence-corrected chi connectivity index (χ1v) is 6.70. The van der Waals surface area contributed by atoms with Crippen molar-refractivity contribution in [2.24, 2.45) is 11.7 Å². The van der Waals surface area contributed by atoms with Crippen molar-refractivity contribution in [3.63, 3.8) is 0 Å². The number of anilines is 1. The smallest absolute Gasteiger partial charge is 0.244 e. The molecule has 3 N–H and O–H groups in total. The van der Waals surface area contributed by atoms with E-state index in [0.717, 1.165) is 6.42 Å². The molecule has 1 atom stereocenters. The van der Waals surface area contributed by atoms with Gasteiger partial charge in [0.05, 0.1) is 6.20 Å². The lowest BCUT2D eigenvalue weighted by Crippen LogP contribution is -2.34. The molecule has 2 heterocycles. The predicted molar refractivity (Wildman–Crippen MR) is 72.7 cm³/mol. The number of aromatic nitrogens is 3. The van der Waals surface area contributed by atoms with Gasteiger partial charge in [0.15, 0.2) is 5.82 Å². The molecule has 0 spiro atoms. The maximum Gasteiger partial charge on any atom is 0.244 e. The van der Waals surface area contributed by atoms with E-state index in [4.69, 9.17) is 5.73 Å². The van der Waals surface area contributed by atoms with Crippen LogP contribution in [0.15, 0.2) is 6.20 Å². The number of amides is 2. The number of hydrogen-bond donors (Lipinski definition) is 2. The fraction of sp³-hybridized carbons (Fsp3) is 0.667. The molecule has 0 bridgehead atoms. The molecular weight excluding hydrogens is 260 g/mol. The molecule has 2 rings (SSSR count). The Hall–Kier alpha value is -1.96. The third-order valence-corrected chi connectivity index (χ3v) is 3.19. The van der Waals surface area contributed by atoms with Crippen LogP contribution in [0.3, 0.4) is 0 Å². The summed E-state index contributed by atoms with van der Waals surface area (Å²) in [6.07, 6.45) is 2.38. The van der Waals surface area contributed by atoms with Crippen LogP contribution in [0.5, 0.6) is 0 Å². The monoisotopic (exact) mass is 280 g/mol. The van der Waals surface area contributed by atoms with E-state index in [0.29, 0.717) is 18.9 Å². The van der Waals surface area contributed by atoms with E-state index < -0.39 is 0 Å². The van der Waals surface area contributed by atoms with Gasteiger partial charge in [0.2, 0.25) is 11.8 Å². The second-order valence-electron chi connectivity index (χ2n) is 5.33. The van der Waals surface area contributed by atoms with Crippen LogP contribution in [0.1, 0.15) is 20.3 Å². The largest absolute Gasteiger partial charge is 0.339 e. The zero-order valence-corrected chi connectivity index (χ0v) is 11.7. The Labute approximate surface area is 117 Å². The highest BCUT2D eigenvalue weighted by atomic mass is 16.2. The predicted octanol–water partition coefficient (Wildman–Crippen LogP) is -0.568. The van der Waals surface area contributed by atoms with Gasteiger partial charge in [-0.05, 0) is 6.42 Å². The first-order chi connectivity index (χ1) is 9.45. The number of carbonyl (C=O) groups is 2. The van der Waals surface area contributed by atoms with E-state index >= 15 is 0 Å². The summed E-state index contributed by atoms with van der Waals surface area (Å²) in [5, 5.41) is 10.3. The number of nitrogens with zero attached hydrogens (tertiary/aromatic N) is 4. The van der Waals surface area contributed by atoms with Crippen molar-refractivity contribution in [1.29, 1.82) is 0 Å². The number of rotatable bonds is 4. The Bertz CT molecular complexity index is 498. The highest BCUT2D eigenvalue weighted by Crippen LogP contribution is 2.09. The summed E-state index contributed by atoms with van der Waals surface area (Å²) in [7, 11) is 0. The van der Waals surface area contributed by atoms with Crippen molar-refractivity contribution >= 4 is 17.6 Å². The molecule has 1 aliphatic heterocycles. The minimum Gasteiger partial charge on any atom is -0.339 e. The van der Waals surface area contributed by atoms with Crippen molar-refractivity contribution in [1.82, 2.24) is 19.9 Å². The van der Waals surface area contributed by atoms with Gasteiger partial charge in [-0.25, -0.2) is 4.68 Å². The molecule has 1 aromatic rings. The summed E-state index contributed by atoms with van der Waals surface area (Å²) < 4.78 is 1.42. The van der Waals surface area contributed by atoms with Crippen LogP contribution in [-0.4, -0.2) is 50.8 Å². The summed E-state index contributed by atoms with van der Waals surface area (Å²) in [4.78, 5) is 25.2. The van der Waals surface area contributed by atoms with Crippen LogP contribution >= 0.6 is 0 Å². The molecular formula is C12H20N6O2. The van der Waals surface area contributed by atoms with Crippen molar-refractivity contribution in [3.8, 4) is 0 Å². The van der Waals surface area contributed by atoms with Gasteiger partial charge in [0.1, 0.15) is 6.54 Å². The van der Waals surface area contributed by atoms with E-state index in [1.165, 1.54) is 4.68 Å². The topological polar surface area (TPSA) is 106 Å². The SMILES string of the molecule is CC(C)C(=O)Nc1cn(CC(=O)N2CCC(N)C2)nn1. The number of nitrogens with two attached hydrogens (primary N) is 1. The van der Waals surface area contributed by atoms with Gasteiger partial charge in [-0.1, -0.05) is 19.1 Å². The Balaban J connectivity index is 1.89. The molecule has 8 heteroatoms. The molecule has 110 valence electrons. The van der Waals surface area contributed by atoms with Gasteiger partial charge >= 0.3 is 0 Å². The van der Waals surface area contributed by atoms with Crippen LogP contribution in [0, 0.1) is 5.92 Å². The van der Waals surface area contributed by atoms with E-state index in [1.807, 2.05) is 0 Å². The number of hydrogen-bond acceptors (Lipinski definition) is 5. The minimum atomic E-state index is -0.132. The fourth-order valence-electron chi connectivity index (χ4n) is 1.96. The molecule has 2 amide bonds. The van der Waals surface area contributed by atoms with Gasteiger partial charge in [0.25, 0.3) is 0 Å². The molecule has 1 fully saturated rings. The molecule has 0 aliphatic carbocycles. The van der Waals surface area contributed by atoms with E-state index in [2.05, 4.69) is 15.6 Å². The van der Waals surface area contributed by atoms with Crippen molar-refractivity contribution in [2.75, 3.05) is 18.4 Å². The highest BCUT2D eigenvalue weighted by Gasteiger charge is 2.23. The highest BCUT2D eigenvalue weighted by molar-refractivity contribution is 5.90. The maximum atomic E-state index is 12.0. The van der Waals surface area contributed by atoms with Gasteiger partial charge < -0.3 is 16.0 Å². The molecule has 0 aromatic carbocycles. The Morgan fingerprint density at radius 1 is 1.55 bits per heavy atom. The van der Waals surface area contributed by atoms with Gasteiger partial charge in [0, 0.05) is 25.0 Å². The molecule has 8 nitrogen and oxygen atoms in total. The van der Waals surface area contributed by atoms with Crippen LogP contribution < -0.4 is 11.1 Å². The zero-order chi connectivity index (χ0) is 14.7. The molecule has 20 heavy (non-hydrogen) atoms. The maximum absolute atomic E-state index is 12.0. The Morgan fingerprint density at radius 3 is 2.90 bits per heavy atom. The van der Waals surface area contributed by atoms with Crippen molar-refractivity contribution < 1.29 is 9.59 Å². The van der Waals surface area contributed by atoms with Gasteiger partial charge in [-0.2, -0.15) is 0 Å². The number of carbonyl (C=O) groups excluding carboxylic acids is 2. The lowest BCUT2D eigenvalue weighted by Gasteiger charge is -2.15. The summed E-state index contributed by atoms with van der Waals surface area (Å²) in [6, 6.07) is 0.0654. The quantitative estimate of drug-likeness (QED) is 0.768. The average Bonchev–Trinajstić information content (AvgIpc) is 2.98. The fourth-order valence-corrected chi connectivity index (χ4v) is 1.96. The third kappa shape index (κ3) is 3.53. The minimum absolute atomic E-state index is 0.0374. The Kier molecular flexibility index (Phi) is 4.33. The van der Waals surface area contributed by atoms with Crippen LogP contribution in [0.4, 0.5) is 5.82 Å².